The Morgan fingerprint density at radius 3 is 1.27 bits per heavy atom. The molecule has 0 aliphatic rings. The van der Waals surface area contributed by atoms with Gasteiger partial charge in [0.15, 0.2) is 0 Å². The van der Waals surface area contributed by atoms with Crippen molar-refractivity contribution < 1.29 is 19.1 Å². The summed E-state index contributed by atoms with van der Waals surface area (Å²) >= 11 is 0. The van der Waals surface area contributed by atoms with Gasteiger partial charge in [0.05, 0.1) is 13.2 Å². The van der Waals surface area contributed by atoms with Crippen LogP contribution in [-0.4, -0.2) is 30.1 Å². The number of aromatic nitrogens is 1. The minimum absolute atomic E-state index is 0.187. The van der Waals surface area contributed by atoms with Crippen molar-refractivity contribution in [1.29, 1.82) is 0 Å². The van der Waals surface area contributed by atoms with Crippen molar-refractivity contribution in [3.63, 3.8) is 0 Å². The first-order valence-corrected chi connectivity index (χ1v) is 22.6. The van der Waals surface area contributed by atoms with Crippen LogP contribution < -0.4 is 0 Å². The molecule has 1 aromatic rings. The zero-order valence-electron chi connectivity index (χ0n) is 35.5. The molecule has 0 saturated carbocycles. The van der Waals surface area contributed by atoms with E-state index in [9.17, 15) is 9.59 Å². The zero-order valence-corrected chi connectivity index (χ0v) is 35.5. The van der Waals surface area contributed by atoms with E-state index in [1.807, 2.05) is 0 Å². The van der Waals surface area contributed by atoms with Crippen LogP contribution in [0.2, 0.25) is 0 Å². The minimum Gasteiger partial charge on any atom is -0.461 e. The lowest BCUT2D eigenvalue weighted by Crippen LogP contribution is -2.27. The topological polar surface area (TPSA) is 65.5 Å². The van der Waals surface area contributed by atoms with Crippen molar-refractivity contribution in [3.05, 3.63) is 29.6 Å². The van der Waals surface area contributed by atoms with E-state index in [-0.39, 0.29) is 11.4 Å². The van der Waals surface area contributed by atoms with Crippen molar-refractivity contribution in [1.82, 2.24) is 4.98 Å². The highest BCUT2D eigenvalue weighted by atomic mass is 16.5. The second-order valence-electron chi connectivity index (χ2n) is 16.5. The highest BCUT2D eigenvalue weighted by molar-refractivity contribution is 5.91. The molecule has 1 heterocycles. The molecule has 0 aliphatic carbocycles. The Morgan fingerprint density at radius 2 is 0.827 bits per heavy atom. The molecule has 0 N–H and O–H groups in total. The van der Waals surface area contributed by atoms with Gasteiger partial charge in [-0.25, -0.2) is 14.6 Å². The van der Waals surface area contributed by atoms with Crippen molar-refractivity contribution in [2.24, 2.45) is 29.6 Å². The summed E-state index contributed by atoms with van der Waals surface area (Å²) in [5, 5.41) is 0. The Labute approximate surface area is 323 Å². The van der Waals surface area contributed by atoms with Crippen LogP contribution >= 0.6 is 0 Å². The molecular weight excluding hydrogens is 643 g/mol. The maximum Gasteiger partial charge on any atom is 0.356 e. The average Bonchev–Trinajstić information content (AvgIpc) is 3.15. The van der Waals surface area contributed by atoms with Crippen LogP contribution in [-0.2, 0) is 9.47 Å². The van der Waals surface area contributed by atoms with Gasteiger partial charge < -0.3 is 9.47 Å². The standard InChI is InChI=1S/C47H85NO4/c1-8-12-16-20-23-27-31-39(5)42(34-29-25-22-18-14-10-3)37-51-46(49)44-35-30-36-45(48-44)47(50)52-38-43(40(6)32-26-19-15-11-4)41(7)33-28-24-21-17-13-9-2/h30,35-36,39-43H,8-29,31-34,37-38H2,1-7H3. The van der Waals surface area contributed by atoms with Gasteiger partial charge in [-0.1, -0.05) is 215 Å². The molecule has 0 saturated heterocycles. The lowest BCUT2D eigenvalue weighted by molar-refractivity contribution is 0.0306. The average molecular weight is 728 g/mol. The summed E-state index contributed by atoms with van der Waals surface area (Å²) in [6, 6.07) is 5.04. The molecule has 0 aromatic carbocycles. The van der Waals surface area contributed by atoms with Crippen molar-refractivity contribution in [2.45, 2.75) is 215 Å². The number of nitrogens with zero attached hydrogens (tertiary/aromatic N) is 1. The van der Waals surface area contributed by atoms with E-state index in [1.54, 1.807) is 18.2 Å². The van der Waals surface area contributed by atoms with E-state index in [0.29, 0.717) is 42.8 Å². The number of esters is 2. The SMILES string of the molecule is CCCCCCCCC(C)C(CCCCCCCC)COC(=O)c1cccc(C(=O)OCC(C(C)CCCCCC)C(C)CCCCCCCC)n1. The molecule has 0 amide bonds. The summed E-state index contributed by atoms with van der Waals surface area (Å²) in [6.45, 7) is 16.9. The molecule has 5 nitrogen and oxygen atoms in total. The van der Waals surface area contributed by atoms with Gasteiger partial charge in [0.1, 0.15) is 11.4 Å². The van der Waals surface area contributed by atoms with Gasteiger partial charge >= 0.3 is 11.9 Å². The number of rotatable bonds is 35. The number of unbranched alkanes of at least 4 members (excludes halogenated alkanes) is 18. The number of carbonyl (C=O) groups is 2. The fraction of sp³-hybridized carbons (Fsp3) is 0.851. The van der Waals surface area contributed by atoms with Gasteiger partial charge in [-0.2, -0.15) is 0 Å². The summed E-state index contributed by atoms with van der Waals surface area (Å²) in [6.07, 6.45) is 32.8. The van der Waals surface area contributed by atoms with Gasteiger partial charge in [-0.15, -0.1) is 0 Å². The number of pyridine rings is 1. The molecule has 5 unspecified atom stereocenters. The summed E-state index contributed by atoms with van der Waals surface area (Å²) < 4.78 is 11.9. The van der Waals surface area contributed by atoms with Crippen molar-refractivity contribution in [3.8, 4) is 0 Å². The van der Waals surface area contributed by atoms with Crippen LogP contribution in [0, 0.1) is 29.6 Å². The molecule has 5 atom stereocenters. The number of hydrogen-bond donors (Lipinski definition) is 0. The van der Waals surface area contributed by atoms with Crippen LogP contribution in [0.15, 0.2) is 18.2 Å². The lowest BCUT2D eigenvalue weighted by Gasteiger charge is -2.29. The lowest BCUT2D eigenvalue weighted by atomic mass is 9.79. The molecule has 1 aromatic heterocycles. The minimum atomic E-state index is -0.446. The third kappa shape index (κ3) is 23.0. The van der Waals surface area contributed by atoms with E-state index in [0.717, 1.165) is 6.42 Å². The summed E-state index contributed by atoms with van der Waals surface area (Å²) in [5.74, 6) is 1.26. The molecule has 52 heavy (non-hydrogen) atoms. The zero-order chi connectivity index (χ0) is 38.2. The summed E-state index contributed by atoms with van der Waals surface area (Å²) in [7, 11) is 0. The van der Waals surface area contributed by atoms with E-state index in [4.69, 9.17) is 9.47 Å². The Bertz CT molecular complexity index is 995. The molecular formula is C47H85NO4. The quantitative estimate of drug-likeness (QED) is 0.0514. The maximum atomic E-state index is 13.3. The van der Waals surface area contributed by atoms with Crippen LogP contribution in [0.3, 0.4) is 0 Å². The van der Waals surface area contributed by atoms with Crippen LogP contribution in [0.4, 0.5) is 0 Å². The maximum absolute atomic E-state index is 13.3. The van der Waals surface area contributed by atoms with E-state index < -0.39 is 11.9 Å². The predicted octanol–water partition coefficient (Wildman–Crippen LogP) is 14.8. The first-order chi connectivity index (χ1) is 25.3. The Balaban J connectivity index is 2.82. The van der Waals surface area contributed by atoms with E-state index in [1.165, 1.54) is 161 Å². The second kappa shape index (κ2) is 32.5. The normalized spacial score (nSPS) is 14.4. The summed E-state index contributed by atoms with van der Waals surface area (Å²) in [5.41, 5.74) is 0.376. The largest absolute Gasteiger partial charge is 0.461 e. The Hall–Kier alpha value is -1.91. The van der Waals surface area contributed by atoms with Crippen molar-refractivity contribution >= 4 is 11.9 Å². The first kappa shape index (κ1) is 48.1. The fourth-order valence-electron chi connectivity index (χ4n) is 7.82. The fourth-order valence-corrected chi connectivity index (χ4v) is 7.82. The molecule has 1 rings (SSSR count). The van der Waals surface area contributed by atoms with Gasteiger partial charge in [-0.3, -0.25) is 0 Å². The van der Waals surface area contributed by atoms with Gasteiger partial charge in [0, 0.05) is 0 Å². The smallest absolute Gasteiger partial charge is 0.356 e. The third-order valence-corrected chi connectivity index (χ3v) is 11.7. The molecule has 5 heteroatoms. The second-order valence-corrected chi connectivity index (χ2v) is 16.5. The summed E-state index contributed by atoms with van der Waals surface area (Å²) in [4.78, 5) is 31.1. The number of ether oxygens (including phenoxy) is 2. The highest BCUT2D eigenvalue weighted by Crippen LogP contribution is 2.30. The Kier molecular flexibility index (Phi) is 30.1. The first-order valence-electron chi connectivity index (χ1n) is 22.6. The third-order valence-electron chi connectivity index (χ3n) is 11.7. The van der Waals surface area contributed by atoms with Gasteiger partial charge in [-0.05, 0) is 48.1 Å². The molecule has 0 fully saturated rings. The number of carbonyl (C=O) groups excluding carboxylic acids is 2. The van der Waals surface area contributed by atoms with Gasteiger partial charge in [0.2, 0.25) is 0 Å². The van der Waals surface area contributed by atoms with Crippen LogP contribution in [0.25, 0.3) is 0 Å². The van der Waals surface area contributed by atoms with Crippen molar-refractivity contribution in [2.75, 3.05) is 13.2 Å². The Morgan fingerprint density at radius 1 is 0.481 bits per heavy atom. The molecule has 302 valence electrons. The van der Waals surface area contributed by atoms with Gasteiger partial charge in [0.25, 0.3) is 0 Å². The van der Waals surface area contributed by atoms with Crippen LogP contribution in [0.1, 0.15) is 236 Å². The number of hydrogen-bond acceptors (Lipinski definition) is 5. The molecule has 0 radical (unpaired) electrons. The monoisotopic (exact) mass is 728 g/mol. The molecule has 0 spiro atoms. The highest BCUT2D eigenvalue weighted by Gasteiger charge is 2.26. The molecule has 0 aliphatic heterocycles. The molecule has 0 bridgehead atoms. The predicted molar refractivity (Wildman–Crippen MR) is 222 cm³/mol. The van der Waals surface area contributed by atoms with Crippen LogP contribution in [0.5, 0.6) is 0 Å². The van der Waals surface area contributed by atoms with E-state index in [2.05, 4.69) is 53.5 Å². The van der Waals surface area contributed by atoms with E-state index >= 15 is 0 Å².